The Morgan fingerprint density at radius 1 is 1.25 bits per heavy atom. The van der Waals surface area contributed by atoms with E-state index in [1.165, 1.54) is 5.56 Å². The fraction of sp³-hybridized carbons (Fsp3) is 0.267. The highest BCUT2D eigenvalue weighted by Crippen LogP contribution is 2.09. The molecular weight excluding hydrogens is 250 g/mol. The monoisotopic (exact) mass is 267 g/mol. The molecule has 5 nitrogen and oxygen atoms in total. The number of imidazole rings is 1. The van der Waals surface area contributed by atoms with Crippen LogP contribution in [0.4, 0.5) is 5.95 Å². The summed E-state index contributed by atoms with van der Waals surface area (Å²) in [7, 11) is 0. The number of nitrogens with one attached hydrogen (secondary N) is 1. The quantitative estimate of drug-likeness (QED) is 0.789. The summed E-state index contributed by atoms with van der Waals surface area (Å²) in [5.74, 6) is 0.688. The molecule has 0 unspecified atom stereocenters. The first-order valence-corrected chi connectivity index (χ1v) is 6.73. The van der Waals surface area contributed by atoms with E-state index in [1.54, 1.807) is 6.33 Å². The summed E-state index contributed by atoms with van der Waals surface area (Å²) >= 11 is 0. The molecule has 0 fully saturated rings. The van der Waals surface area contributed by atoms with Gasteiger partial charge in [0, 0.05) is 24.1 Å². The molecule has 102 valence electrons. The third-order valence-electron chi connectivity index (χ3n) is 3.19. The Bertz CT molecular complexity index is 732. The van der Waals surface area contributed by atoms with Gasteiger partial charge < -0.3 is 9.72 Å². The Kier molecular flexibility index (Phi) is 3.33. The van der Waals surface area contributed by atoms with Gasteiger partial charge in [0.05, 0.1) is 18.0 Å². The van der Waals surface area contributed by atoms with Crippen LogP contribution in [0.3, 0.4) is 0 Å². The third kappa shape index (κ3) is 2.61. The summed E-state index contributed by atoms with van der Waals surface area (Å²) in [5, 5.41) is 3.28. The van der Waals surface area contributed by atoms with Crippen LogP contribution in [0.5, 0.6) is 0 Å². The fourth-order valence-electron chi connectivity index (χ4n) is 2.15. The van der Waals surface area contributed by atoms with E-state index >= 15 is 0 Å². The molecule has 0 radical (unpaired) electrons. The van der Waals surface area contributed by atoms with Crippen molar-refractivity contribution in [2.45, 2.75) is 26.8 Å². The van der Waals surface area contributed by atoms with Crippen LogP contribution in [0.2, 0.25) is 0 Å². The second-order valence-corrected chi connectivity index (χ2v) is 4.79. The van der Waals surface area contributed by atoms with Crippen molar-refractivity contribution >= 4 is 11.5 Å². The van der Waals surface area contributed by atoms with E-state index in [0.717, 1.165) is 23.3 Å². The fourth-order valence-corrected chi connectivity index (χ4v) is 2.15. The van der Waals surface area contributed by atoms with E-state index in [1.807, 2.05) is 23.6 Å². The molecule has 0 saturated carbocycles. The largest absolute Gasteiger partial charge is 0.350 e. The topological polar surface area (TPSA) is 55.1 Å². The summed E-state index contributed by atoms with van der Waals surface area (Å²) in [6.07, 6.45) is 6.62. The van der Waals surface area contributed by atoms with Crippen molar-refractivity contribution in [1.82, 2.24) is 19.4 Å². The first kappa shape index (κ1) is 12.6. The predicted molar refractivity (Wildman–Crippen MR) is 78.7 cm³/mol. The Balaban J connectivity index is 1.76. The lowest BCUT2D eigenvalue weighted by atomic mass is 10.2. The van der Waals surface area contributed by atoms with Crippen LogP contribution in [-0.4, -0.2) is 19.4 Å². The van der Waals surface area contributed by atoms with Crippen molar-refractivity contribution in [2.75, 3.05) is 5.32 Å². The minimum atomic E-state index is 0.688. The molecule has 0 amide bonds. The lowest BCUT2D eigenvalue weighted by Crippen LogP contribution is -2.06. The highest BCUT2D eigenvalue weighted by atomic mass is 15.1. The Morgan fingerprint density at radius 3 is 3.00 bits per heavy atom. The second-order valence-electron chi connectivity index (χ2n) is 4.79. The van der Waals surface area contributed by atoms with Gasteiger partial charge in [-0.3, -0.25) is 0 Å². The standard InChI is InChI=1S/C15H17N5/c1-3-13-6-11(2)18-15(19-13)17-7-12-4-5-14-8-16-10-20(14)9-12/h4-6,8-10H,3,7H2,1-2H3,(H,17,18,19). The van der Waals surface area contributed by atoms with Crippen molar-refractivity contribution in [1.29, 1.82) is 0 Å². The van der Waals surface area contributed by atoms with Gasteiger partial charge in [0.15, 0.2) is 0 Å². The first-order chi connectivity index (χ1) is 9.74. The minimum Gasteiger partial charge on any atom is -0.350 e. The lowest BCUT2D eigenvalue weighted by Gasteiger charge is -2.08. The average Bonchev–Trinajstić information content (AvgIpc) is 2.92. The third-order valence-corrected chi connectivity index (χ3v) is 3.19. The Hall–Kier alpha value is -2.43. The Labute approximate surface area is 117 Å². The maximum atomic E-state index is 4.48. The molecule has 0 aliphatic carbocycles. The average molecular weight is 267 g/mol. The predicted octanol–water partition coefficient (Wildman–Crippen LogP) is 2.61. The van der Waals surface area contributed by atoms with Gasteiger partial charge in [-0.1, -0.05) is 13.0 Å². The van der Waals surface area contributed by atoms with E-state index in [4.69, 9.17) is 0 Å². The number of anilines is 1. The number of fused-ring (bicyclic) bond motifs is 1. The van der Waals surface area contributed by atoms with Gasteiger partial charge in [-0.05, 0) is 31.0 Å². The molecule has 5 heteroatoms. The second kappa shape index (κ2) is 5.28. The number of pyridine rings is 1. The SMILES string of the molecule is CCc1cc(C)nc(NCc2ccc3cncn3c2)n1. The van der Waals surface area contributed by atoms with Gasteiger partial charge in [-0.15, -0.1) is 0 Å². The highest BCUT2D eigenvalue weighted by molar-refractivity contribution is 5.45. The summed E-state index contributed by atoms with van der Waals surface area (Å²) in [6, 6.07) is 6.15. The van der Waals surface area contributed by atoms with Crippen LogP contribution in [0.1, 0.15) is 23.9 Å². The van der Waals surface area contributed by atoms with Crippen LogP contribution in [-0.2, 0) is 13.0 Å². The van der Waals surface area contributed by atoms with Crippen molar-refractivity contribution in [3.63, 3.8) is 0 Å². The molecule has 3 aromatic rings. The molecule has 0 atom stereocenters. The van der Waals surface area contributed by atoms with Crippen LogP contribution in [0.25, 0.3) is 5.52 Å². The van der Waals surface area contributed by atoms with Crippen LogP contribution in [0, 0.1) is 6.92 Å². The van der Waals surface area contributed by atoms with Crippen molar-refractivity contribution in [3.05, 3.63) is 53.9 Å². The van der Waals surface area contributed by atoms with E-state index in [-0.39, 0.29) is 0 Å². The molecule has 3 heterocycles. The number of nitrogens with zero attached hydrogens (tertiary/aromatic N) is 4. The number of aromatic nitrogens is 4. The van der Waals surface area contributed by atoms with E-state index in [2.05, 4.69) is 45.5 Å². The summed E-state index contributed by atoms with van der Waals surface area (Å²) < 4.78 is 2.01. The molecule has 20 heavy (non-hydrogen) atoms. The molecule has 0 saturated heterocycles. The number of hydrogen-bond acceptors (Lipinski definition) is 4. The normalized spacial score (nSPS) is 10.9. The zero-order chi connectivity index (χ0) is 13.9. The Morgan fingerprint density at radius 2 is 2.15 bits per heavy atom. The summed E-state index contributed by atoms with van der Waals surface area (Å²) in [5.41, 5.74) is 4.31. The van der Waals surface area contributed by atoms with Crippen molar-refractivity contribution in [2.24, 2.45) is 0 Å². The maximum Gasteiger partial charge on any atom is 0.223 e. The smallest absolute Gasteiger partial charge is 0.223 e. The van der Waals surface area contributed by atoms with E-state index in [0.29, 0.717) is 12.5 Å². The van der Waals surface area contributed by atoms with Gasteiger partial charge in [0.2, 0.25) is 5.95 Å². The van der Waals surface area contributed by atoms with Crippen LogP contribution < -0.4 is 5.32 Å². The molecule has 3 rings (SSSR count). The van der Waals surface area contributed by atoms with Gasteiger partial charge in [-0.2, -0.15) is 0 Å². The van der Waals surface area contributed by atoms with Gasteiger partial charge in [0.25, 0.3) is 0 Å². The molecular formula is C15H17N5. The van der Waals surface area contributed by atoms with Crippen molar-refractivity contribution < 1.29 is 0 Å². The molecule has 0 aliphatic rings. The van der Waals surface area contributed by atoms with Crippen LogP contribution >= 0.6 is 0 Å². The van der Waals surface area contributed by atoms with Crippen LogP contribution in [0.15, 0.2) is 36.9 Å². The molecule has 0 spiro atoms. The minimum absolute atomic E-state index is 0.688. The lowest BCUT2D eigenvalue weighted by molar-refractivity contribution is 0.951. The summed E-state index contributed by atoms with van der Waals surface area (Å²) in [4.78, 5) is 13.0. The number of hydrogen-bond donors (Lipinski definition) is 1. The number of rotatable bonds is 4. The molecule has 0 aromatic carbocycles. The maximum absolute atomic E-state index is 4.48. The van der Waals surface area contributed by atoms with Gasteiger partial charge in [-0.25, -0.2) is 15.0 Å². The zero-order valence-corrected chi connectivity index (χ0v) is 11.7. The highest BCUT2D eigenvalue weighted by Gasteiger charge is 2.02. The summed E-state index contributed by atoms with van der Waals surface area (Å²) in [6.45, 7) is 4.78. The van der Waals surface area contributed by atoms with Gasteiger partial charge >= 0.3 is 0 Å². The first-order valence-electron chi connectivity index (χ1n) is 6.73. The molecule has 1 N–H and O–H groups in total. The molecule has 3 aromatic heterocycles. The van der Waals surface area contributed by atoms with Gasteiger partial charge in [0.1, 0.15) is 0 Å². The zero-order valence-electron chi connectivity index (χ0n) is 11.7. The van der Waals surface area contributed by atoms with E-state index in [9.17, 15) is 0 Å². The molecule has 0 bridgehead atoms. The molecule has 0 aliphatic heterocycles. The van der Waals surface area contributed by atoms with Crippen molar-refractivity contribution in [3.8, 4) is 0 Å². The van der Waals surface area contributed by atoms with E-state index < -0.39 is 0 Å². The number of aryl methyl sites for hydroxylation is 2.